The fourth-order valence-corrected chi connectivity index (χ4v) is 1.96. The van der Waals surface area contributed by atoms with Crippen LogP contribution in [0.1, 0.15) is 0 Å². The third kappa shape index (κ3) is 4.58. The highest BCUT2D eigenvalue weighted by atomic mass is 35.5. The molecule has 2 aromatic rings. The van der Waals surface area contributed by atoms with Crippen molar-refractivity contribution in [2.75, 3.05) is 19.0 Å². The van der Waals surface area contributed by atoms with Crippen LogP contribution in [-0.2, 0) is 4.79 Å². The summed E-state index contributed by atoms with van der Waals surface area (Å²) < 4.78 is 10.2. The van der Waals surface area contributed by atoms with Crippen LogP contribution in [0.4, 0.5) is 11.4 Å². The summed E-state index contributed by atoms with van der Waals surface area (Å²) in [6, 6.07) is 10.7. The zero-order valence-corrected chi connectivity index (χ0v) is 12.9. The minimum atomic E-state index is -0.624. The van der Waals surface area contributed by atoms with E-state index in [4.69, 9.17) is 21.1 Å². The predicted molar refractivity (Wildman–Crippen MR) is 85.2 cm³/mol. The number of amides is 1. The summed E-state index contributed by atoms with van der Waals surface area (Å²) in [6.07, 6.45) is 0. The monoisotopic (exact) mass is 336 g/mol. The van der Waals surface area contributed by atoms with Gasteiger partial charge in [0.1, 0.15) is 5.75 Å². The van der Waals surface area contributed by atoms with Gasteiger partial charge in [-0.1, -0.05) is 17.7 Å². The van der Waals surface area contributed by atoms with Crippen LogP contribution in [0.2, 0.25) is 5.02 Å². The van der Waals surface area contributed by atoms with Crippen molar-refractivity contribution >= 4 is 28.9 Å². The van der Waals surface area contributed by atoms with Gasteiger partial charge in [-0.2, -0.15) is 0 Å². The van der Waals surface area contributed by atoms with E-state index in [9.17, 15) is 14.9 Å². The number of anilines is 1. The lowest BCUT2D eigenvalue weighted by atomic mass is 10.3. The summed E-state index contributed by atoms with van der Waals surface area (Å²) in [4.78, 5) is 22.2. The maximum atomic E-state index is 11.9. The van der Waals surface area contributed by atoms with Crippen LogP contribution >= 0.6 is 11.6 Å². The van der Waals surface area contributed by atoms with Crippen molar-refractivity contribution in [1.29, 1.82) is 0 Å². The Labute approximate surface area is 136 Å². The smallest absolute Gasteiger partial charge is 0.312 e. The number of hydrogen-bond donors (Lipinski definition) is 1. The molecule has 1 N–H and O–H groups in total. The molecular weight excluding hydrogens is 324 g/mol. The number of halogens is 1. The number of carbonyl (C=O) groups excluding carboxylic acids is 1. The number of benzene rings is 2. The number of rotatable bonds is 6. The van der Waals surface area contributed by atoms with Crippen LogP contribution in [0.3, 0.4) is 0 Å². The molecule has 2 rings (SSSR count). The van der Waals surface area contributed by atoms with E-state index in [1.54, 1.807) is 24.3 Å². The zero-order chi connectivity index (χ0) is 16.8. The molecule has 1 amide bonds. The number of nitrogens with one attached hydrogen (secondary N) is 1. The van der Waals surface area contributed by atoms with Gasteiger partial charge in [-0.05, 0) is 24.3 Å². The molecule has 0 unspecified atom stereocenters. The third-order valence-corrected chi connectivity index (χ3v) is 3.07. The molecule has 0 spiro atoms. The van der Waals surface area contributed by atoms with Crippen molar-refractivity contribution in [3.63, 3.8) is 0 Å². The van der Waals surface area contributed by atoms with Crippen LogP contribution in [-0.4, -0.2) is 24.5 Å². The van der Waals surface area contributed by atoms with E-state index < -0.39 is 10.8 Å². The number of hydrogen-bond acceptors (Lipinski definition) is 5. The maximum Gasteiger partial charge on any atom is 0.312 e. The van der Waals surface area contributed by atoms with Crippen molar-refractivity contribution in [3.05, 3.63) is 57.6 Å². The van der Waals surface area contributed by atoms with E-state index in [0.29, 0.717) is 11.4 Å². The van der Waals surface area contributed by atoms with E-state index in [1.165, 1.54) is 19.2 Å². The second-order valence-electron chi connectivity index (χ2n) is 4.44. The van der Waals surface area contributed by atoms with Gasteiger partial charge in [-0.3, -0.25) is 14.9 Å². The minimum Gasteiger partial charge on any atom is -0.497 e. The maximum absolute atomic E-state index is 11.9. The molecule has 0 heterocycles. The Hall–Kier alpha value is -2.80. The average molecular weight is 337 g/mol. The van der Waals surface area contributed by atoms with E-state index in [1.807, 2.05) is 0 Å². The lowest BCUT2D eigenvalue weighted by molar-refractivity contribution is -0.385. The van der Waals surface area contributed by atoms with E-state index in [-0.39, 0.29) is 23.1 Å². The standard InChI is InChI=1S/C15H13ClN2O5/c1-22-12-4-2-3-11(8-12)17-15(19)9-23-14-6-5-10(16)7-13(14)18(20)21/h2-8H,9H2,1H3,(H,17,19). The van der Waals surface area contributed by atoms with Gasteiger partial charge in [0.05, 0.1) is 12.0 Å². The SMILES string of the molecule is COc1cccc(NC(=O)COc2ccc(Cl)cc2[N+](=O)[O-])c1. The molecule has 0 aliphatic heterocycles. The first-order valence-corrected chi connectivity index (χ1v) is 6.88. The number of ether oxygens (including phenoxy) is 2. The van der Waals surface area contributed by atoms with Crippen LogP contribution in [0.25, 0.3) is 0 Å². The molecule has 0 aliphatic carbocycles. The zero-order valence-electron chi connectivity index (χ0n) is 12.1. The number of methoxy groups -OCH3 is 1. The summed E-state index contributed by atoms with van der Waals surface area (Å²) in [6.45, 7) is -0.375. The molecule has 2 aromatic carbocycles. The second-order valence-corrected chi connectivity index (χ2v) is 4.87. The normalized spacial score (nSPS) is 10.0. The predicted octanol–water partition coefficient (Wildman–Crippen LogP) is 3.27. The Morgan fingerprint density at radius 3 is 2.78 bits per heavy atom. The summed E-state index contributed by atoms with van der Waals surface area (Å²) >= 11 is 5.71. The molecule has 0 bridgehead atoms. The first-order valence-electron chi connectivity index (χ1n) is 6.50. The van der Waals surface area contributed by atoms with Gasteiger partial charge < -0.3 is 14.8 Å². The summed E-state index contributed by atoms with van der Waals surface area (Å²) in [5.41, 5.74) is 0.232. The van der Waals surface area contributed by atoms with Crippen molar-refractivity contribution in [2.45, 2.75) is 0 Å². The second kappa shape index (κ2) is 7.46. The van der Waals surface area contributed by atoms with E-state index in [2.05, 4.69) is 5.32 Å². The molecule has 0 atom stereocenters. The molecule has 120 valence electrons. The van der Waals surface area contributed by atoms with Gasteiger partial charge in [0.15, 0.2) is 12.4 Å². The van der Waals surface area contributed by atoms with Gasteiger partial charge in [-0.25, -0.2) is 0 Å². The molecule has 0 saturated carbocycles. The average Bonchev–Trinajstić information content (AvgIpc) is 2.53. The van der Waals surface area contributed by atoms with Gasteiger partial charge >= 0.3 is 5.69 Å². The highest BCUT2D eigenvalue weighted by Crippen LogP contribution is 2.29. The van der Waals surface area contributed by atoms with Gasteiger partial charge in [0.25, 0.3) is 5.91 Å². The van der Waals surface area contributed by atoms with Crippen molar-refractivity contribution < 1.29 is 19.2 Å². The minimum absolute atomic E-state index is 0.0276. The van der Waals surface area contributed by atoms with Crippen LogP contribution < -0.4 is 14.8 Å². The van der Waals surface area contributed by atoms with Crippen molar-refractivity contribution in [2.24, 2.45) is 0 Å². The van der Waals surface area contributed by atoms with Crippen LogP contribution in [0.15, 0.2) is 42.5 Å². The number of nitrogens with zero attached hydrogens (tertiary/aromatic N) is 1. The van der Waals surface area contributed by atoms with Gasteiger partial charge in [0, 0.05) is 22.8 Å². The fraction of sp³-hybridized carbons (Fsp3) is 0.133. The molecule has 23 heavy (non-hydrogen) atoms. The Morgan fingerprint density at radius 1 is 1.30 bits per heavy atom. The fourth-order valence-electron chi connectivity index (χ4n) is 1.80. The third-order valence-electron chi connectivity index (χ3n) is 2.83. The Bertz CT molecular complexity index is 736. The van der Waals surface area contributed by atoms with Crippen molar-refractivity contribution in [3.8, 4) is 11.5 Å². The highest BCUT2D eigenvalue weighted by Gasteiger charge is 2.16. The highest BCUT2D eigenvalue weighted by molar-refractivity contribution is 6.30. The number of nitro groups is 1. The molecular formula is C15H13ClN2O5. The quantitative estimate of drug-likeness (QED) is 0.645. The van der Waals surface area contributed by atoms with Crippen LogP contribution in [0.5, 0.6) is 11.5 Å². The first-order chi connectivity index (χ1) is 11.0. The summed E-state index contributed by atoms with van der Waals surface area (Å²) in [5.74, 6) is 0.111. The van der Waals surface area contributed by atoms with E-state index >= 15 is 0 Å². The molecule has 0 aliphatic rings. The molecule has 0 fully saturated rings. The van der Waals surface area contributed by atoms with Gasteiger partial charge in [0.2, 0.25) is 0 Å². The van der Waals surface area contributed by atoms with Gasteiger partial charge in [-0.15, -0.1) is 0 Å². The Kier molecular flexibility index (Phi) is 5.37. The topological polar surface area (TPSA) is 90.7 Å². The summed E-state index contributed by atoms with van der Waals surface area (Å²) in [7, 11) is 1.52. The number of nitro benzene ring substituents is 1. The summed E-state index contributed by atoms with van der Waals surface area (Å²) in [5, 5.41) is 13.8. The van der Waals surface area contributed by atoms with Crippen molar-refractivity contribution in [1.82, 2.24) is 0 Å². The lowest BCUT2D eigenvalue weighted by Gasteiger charge is -2.09. The Morgan fingerprint density at radius 2 is 2.09 bits per heavy atom. The van der Waals surface area contributed by atoms with Crippen LogP contribution in [0, 0.1) is 10.1 Å². The number of carbonyl (C=O) groups is 1. The molecule has 0 radical (unpaired) electrons. The first kappa shape index (κ1) is 16.6. The van der Waals surface area contributed by atoms with E-state index in [0.717, 1.165) is 6.07 Å². The Balaban J connectivity index is 2.00. The molecule has 0 saturated heterocycles. The molecule has 0 aromatic heterocycles. The molecule has 8 heteroatoms. The molecule has 7 nitrogen and oxygen atoms in total. The lowest BCUT2D eigenvalue weighted by Crippen LogP contribution is -2.20. The largest absolute Gasteiger partial charge is 0.497 e.